The van der Waals surface area contributed by atoms with Crippen molar-refractivity contribution in [2.45, 2.75) is 12.4 Å². The number of alkyl halides is 3. The lowest BCUT2D eigenvalue weighted by Crippen LogP contribution is -2.43. The number of carbonyl (C=O) groups is 1. The van der Waals surface area contributed by atoms with Crippen LogP contribution in [0.2, 0.25) is 0 Å². The van der Waals surface area contributed by atoms with Gasteiger partial charge in [-0.2, -0.15) is 25.9 Å². The third kappa shape index (κ3) is 2.40. The highest BCUT2D eigenvalue weighted by atomic mass is 32.2. The number of nitrogen functional groups attached to an aromatic ring is 1. The number of para-hydroxylation sites is 2. The lowest BCUT2D eigenvalue weighted by atomic mass is 10.3. The summed E-state index contributed by atoms with van der Waals surface area (Å²) in [5, 5.41) is 0. The van der Waals surface area contributed by atoms with Crippen molar-refractivity contribution in [3.8, 4) is 0 Å². The first-order valence-electron chi connectivity index (χ1n) is 4.55. The van der Waals surface area contributed by atoms with E-state index in [4.69, 9.17) is 5.73 Å². The number of carbonyl (C=O) groups excluding carboxylic acids is 1. The van der Waals surface area contributed by atoms with E-state index in [-0.39, 0.29) is 9.99 Å². The average Bonchev–Trinajstić information content (AvgIpc) is 2.18. The molecule has 9 heteroatoms. The highest BCUT2D eigenvalue weighted by molar-refractivity contribution is 7.94. The first-order chi connectivity index (χ1) is 8.09. The summed E-state index contributed by atoms with van der Waals surface area (Å²) in [5.74, 6) is -1.30. The molecule has 0 unspecified atom stereocenters. The first kappa shape index (κ1) is 14.3. The molecule has 0 spiro atoms. The number of benzene rings is 1. The molecule has 1 rings (SSSR count). The molecule has 0 saturated heterocycles. The van der Waals surface area contributed by atoms with Crippen LogP contribution in [0, 0.1) is 0 Å². The molecule has 0 aliphatic rings. The third-order valence-electron chi connectivity index (χ3n) is 1.97. The lowest BCUT2D eigenvalue weighted by molar-refractivity contribution is -0.115. The molecule has 1 aromatic carbocycles. The Bertz CT molecular complexity index is 569. The molecule has 100 valence electrons. The van der Waals surface area contributed by atoms with E-state index in [9.17, 15) is 26.4 Å². The molecule has 0 saturated carbocycles. The van der Waals surface area contributed by atoms with Crippen LogP contribution < -0.4 is 10.0 Å². The molecule has 0 fully saturated rings. The second-order valence-electron chi connectivity index (χ2n) is 3.29. The van der Waals surface area contributed by atoms with Gasteiger partial charge in [0.1, 0.15) is 0 Å². The molecule has 0 bridgehead atoms. The molecule has 0 aliphatic carbocycles. The second-order valence-corrected chi connectivity index (χ2v) is 5.07. The zero-order valence-electron chi connectivity index (χ0n) is 9.10. The SMILES string of the molecule is CC(=O)N(c1ccccc1N)S(=O)(=O)C(F)(F)F. The fourth-order valence-corrected chi connectivity index (χ4v) is 2.22. The van der Waals surface area contributed by atoms with Crippen molar-refractivity contribution in [1.82, 2.24) is 0 Å². The quantitative estimate of drug-likeness (QED) is 0.833. The Kier molecular flexibility index (Phi) is 3.56. The molecule has 1 amide bonds. The molecule has 18 heavy (non-hydrogen) atoms. The van der Waals surface area contributed by atoms with Crippen LogP contribution in [0.5, 0.6) is 0 Å². The van der Waals surface area contributed by atoms with Crippen LogP contribution >= 0.6 is 0 Å². The van der Waals surface area contributed by atoms with Crippen molar-refractivity contribution in [2.24, 2.45) is 0 Å². The zero-order chi connectivity index (χ0) is 14.1. The van der Waals surface area contributed by atoms with Crippen molar-refractivity contribution >= 4 is 27.3 Å². The van der Waals surface area contributed by atoms with Crippen LogP contribution in [0.4, 0.5) is 24.5 Å². The monoisotopic (exact) mass is 282 g/mol. The zero-order valence-corrected chi connectivity index (χ0v) is 9.92. The van der Waals surface area contributed by atoms with Crippen LogP contribution in [-0.4, -0.2) is 19.8 Å². The predicted molar refractivity (Wildman–Crippen MR) is 59.0 cm³/mol. The van der Waals surface area contributed by atoms with Gasteiger partial charge in [0.15, 0.2) is 0 Å². The smallest absolute Gasteiger partial charge is 0.397 e. The predicted octanol–water partition coefficient (Wildman–Crippen LogP) is 1.47. The molecule has 1 aromatic rings. The fourth-order valence-electron chi connectivity index (χ4n) is 1.24. The Labute approximate surface area is 101 Å². The van der Waals surface area contributed by atoms with Gasteiger partial charge in [0.2, 0.25) is 5.91 Å². The number of nitrogens with zero attached hydrogens (tertiary/aromatic N) is 1. The molecule has 5 nitrogen and oxygen atoms in total. The summed E-state index contributed by atoms with van der Waals surface area (Å²) in [6.45, 7) is 0.704. The Morgan fingerprint density at radius 1 is 1.28 bits per heavy atom. The Hall–Kier alpha value is -1.77. The van der Waals surface area contributed by atoms with Crippen LogP contribution in [0.15, 0.2) is 24.3 Å². The number of hydrogen-bond acceptors (Lipinski definition) is 4. The van der Waals surface area contributed by atoms with E-state index >= 15 is 0 Å². The number of rotatable bonds is 2. The summed E-state index contributed by atoms with van der Waals surface area (Å²) in [5.41, 5.74) is -0.984. The number of anilines is 2. The van der Waals surface area contributed by atoms with Gasteiger partial charge in [0, 0.05) is 6.92 Å². The molecule has 0 radical (unpaired) electrons. The summed E-state index contributed by atoms with van der Waals surface area (Å²) >= 11 is 0. The molecule has 0 aliphatic heterocycles. The summed E-state index contributed by atoms with van der Waals surface area (Å²) < 4.78 is 59.5. The molecule has 0 heterocycles. The van der Waals surface area contributed by atoms with Crippen LogP contribution in [0.25, 0.3) is 0 Å². The minimum atomic E-state index is -5.81. The maximum absolute atomic E-state index is 12.4. The molecule has 0 atom stereocenters. The highest BCUT2D eigenvalue weighted by Crippen LogP contribution is 2.33. The van der Waals surface area contributed by atoms with Gasteiger partial charge in [-0.1, -0.05) is 12.1 Å². The average molecular weight is 282 g/mol. The van der Waals surface area contributed by atoms with Gasteiger partial charge in [-0.05, 0) is 12.1 Å². The van der Waals surface area contributed by atoms with Gasteiger partial charge in [0.05, 0.1) is 11.4 Å². The van der Waals surface area contributed by atoms with Crippen molar-refractivity contribution in [3.05, 3.63) is 24.3 Å². The van der Waals surface area contributed by atoms with E-state index in [0.29, 0.717) is 6.92 Å². The summed E-state index contributed by atoms with van der Waals surface area (Å²) in [6.07, 6.45) is 0. The van der Waals surface area contributed by atoms with E-state index in [2.05, 4.69) is 0 Å². The number of sulfonamides is 1. The van der Waals surface area contributed by atoms with Crippen molar-refractivity contribution in [3.63, 3.8) is 0 Å². The Morgan fingerprint density at radius 2 is 1.78 bits per heavy atom. The summed E-state index contributed by atoms with van der Waals surface area (Å²) in [6, 6.07) is 4.88. The highest BCUT2D eigenvalue weighted by Gasteiger charge is 2.52. The molecule has 0 aromatic heterocycles. The Balaban J connectivity index is 3.48. The fraction of sp³-hybridized carbons (Fsp3) is 0.222. The van der Waals surface area contributed by atoms with E-state index in [0.717, 1.165) is 6.07 Å². The lowest BCUT2D eigenvalue weighted by Gasteiger charge is -2.23. The van der Waals surface area contributed by atoms with Gasteiger partial charge >= 0.3 is 15.5 Å². The molecule has 2 N–H and O–H groups in total. The minimum absolute atomic E-state index is 0.250. The van der Waals surface area contributed by atoms with Gasteiger partial charge in [-0.25, -0.2) is 0 Å². The number of halogens is 3. The van der Waals surface area contributed by atoms with Crippen molar-refractivity contribution in [1.29, 1.82) is 0 Å². The maximum atomic E-state index is 12.4. The van der Waals surface area contributed by atoms with Gasteiger partial charge in [-0.3, -0.25) is 4.79 Å². The van der Waals surface area contributed by atoms with E-state index in [1.54, 1.807) is 0 Å². The molecular weight excluding hydrogens is 273 g/mol. The topological polar surface area (TPSA) is 80.5 Å². The first-order valence-corrected chi connectivity index (χ1v) is 5.99. The van der Waals surface area contributed by atoms with Crippen molar-refractivity contribution < 1.29 is 26.4 Å². The van der Waals surface area contributed by atoms with Gasteiger partial charge < -0.3 is 5.73 Å². The second kappa shape index (κ2) is 4.48. The summed E-state index contributed by atoms with van der Waals surface area (Å²) in [7, 11) is -5.81. The number of amides is 1. The normalized spacial score (nSPS) is 12.2. The van der Waals surface area contributed by atoms with Crippen LogP contribution in [0.1, 0.15) is 6.92 Å². The number of nitrogens with two attached hydrogens (primary N) is 1. The van der Waals surface area contributed by atoms with Crippen LogP contribution in [-0.2, 0) is 14.8 Å². The summed E-state index contributed by atoms with van der Waals surface area (Å²) in [4.78, 5) is 11.2. The minimum Gasteiger partial charge on any atom is -0.397 e. The standard InChI is InChI=1S/C9H9F3N2O3S/c1-6(15)14(18(16,17)9(10,11)12)8-5-3-2-4-7(8)13/h2-5H,13H2,1H3. The van der Waals surface area contributed by atoms with Gasteiger partial charge in [0.25, 0.3) is 0 Å². The van der Waals surface area contributed by atoms with Crippen molar-refractivity contribution in [2.75, 3.05) is 10.0 Å². The van der Waals surface area contributed by atoms with E-state index < -0.39 is 27.1 Å². The number of hydrogen-bond donors (Lipinski definition) is 1. The van der Waals surface area contributed by atoms with Gasteiger partial charge in [-0.15, -0.1) is 0 Å². The largest absolute Gasteiger partial charge is 0.517 e. The van der Waals surface area contributed by atoms with Crippen LogP contribution in [0.3, 0.4) is 0 Å². The van der Waals surface area contributed by atoms with E-state index in [1.165, 1.54) is 18.2 Å². The third-order valence-corrected chi connectivity index (χ3v) is 3.49. The Morgan fingerprint density at radius 3 is 2.17 bits per heavy atom. The maximum Gasteiger partial charge on any atom is 0.517 e. The molecular formula is C9H9F3N2O3S. The van der Waals surface area contributed by atoms with E-state index in [1.807, 2.05) is 0 Å².